The van der Waals surface area contributed by atoms with Crippen LogP contribution in [-0.4, -0.2) is 42.0 Å². The molecule has 1 amide bonds. The topological polar surface area (TPSA) is 45.2 Å². The van der Waals surface area contributed by atoms with Gasteiger partial charge in [0.1, 0.15) is 4.60 Å². The summed E-state index contributed by atoms with van der Waals surface area (Å²) in [7, 11) is 0. The van der Waals surface area contributed by atoms with Crippen LogP contribution in [-0.2, 0) is 0 Å². The monoisotopic (exact) mass is 311 g/mol. The summed E-state index contributed by atoms with van der Waals surface area (Å²) in [6.07, 6.45) is 5.29. The average Bonchev–Trinajstić information content (AvgIpc) is 2.88. The number of carbonyl (C=O) groups excluding carboxylic acids is 1. The molecule has 2 rings (SSSR count). The number of aromatic nitrogens is 1. The Kier molecular flexibility index (Phi) is 5.13. The first-order valence-corrected chi connectivity index (χ1v) is 7.18. The van der Waals surface area contributed by atoms with Gasteiger partial charge in [0.15, 0.2) is 0 Å². The third-order valence-corrected chi connectivity index (χ3v) is 3.77. The maximum Gasteiger partial charge on any atom is 0.254 e. The normalized spacial score (nSPS) is 15.8. The van der Waals surface area contributed by atoms with E-state index in [4.69, 9.17) is 0 Å². The minimum Gasteiger partial charge on any atom is -0.352 e. The van der Waals surface area contributed by atoms with Crippen molar-refractivity contribution in [2.45, 2.75) is 19.3 Å². The van der Waals surface area contributed by atoms with E-state index in [1.165, 1.54) is 25.9 Å². The standard InChI is InChI=1S/C13H18BrN3O/c14-12-11(5-3-6-15-12)13(18)16-7-4-10-17-8-1-2-9-17/h3,5-6H,1-2,4,7-10H2,(H,16,18). The second-order valence-corrected chi connectivity index (χ2v) is 5.25. The highest BCUT2D eigenvalue weighted by atomic mass is 79.9. The van der Waals surface area contributed by atoms with Crippen LogP contribution in [0.5, 0.6) is 0 Å². The molecule has 1 aliphatic rings. The van der Waals surface area contributed by atoms with Crippen LogP contribution >= 0.6 is 15.9 Å². The van der Waals surface area contributed by atoms with Crippen molar-refractivity contribution in [3.63, 3.8) is 0 Å². The SMILES string of the molecule is O=C(NCCCN1CCCC1)c1cccnc1Br. The van der Waals surface area contributed by atoms with Crippen LogP contribution in [0.15, 0.2) is 22.9 Å². The molecular formula is C13H18BrN3O. The molecule has 0 aliphatic carbocycles. The lowest BCUT2D eigenvalue weighted by atomic mass is 10.2. The molecule has 1 aromatic heterocycles. The Labute approximate surface area is 116 Å². The molecule has 1 fully saturated rings. The second-order valence-electron chi connectivity index (χ2n) is 4.50. The van der Waals surface area contributed by atoms with E-state index in [0.717, 1.165) is 19.5 Å². The molecule has 4 nitrogen and oxygen atoms in total. The van der Waals surface area contributed by atoms with Crippen LogP contribution in [0.1, 0.15) is 29.6 Å². The Bertz CT molecular complexity index is 405. The molecule has 0 spiro atoms. The number of pyridine rings is 1. The summed E-state index contributed by atoms with van der Waals surface area (Å²) in [6, 6.07) is 3.54. The highest BCUT2D eigenvalue weighted by molar-refractivity contribution is 9.10. The first-order chi connectivity index (χ1) is 8.77. The maximum absolute atomic E-state index is 11.9. The summed E-state index contributed by atoms with van der Waals surface area (Å²) >= 11 is 3.28. The zero-order chi connectivity index (χ0) is 12.8. The number of likely N-dealkylation sites (tertiary alicyclic amines) is 1. The fourth-order valence-electron chi connectivity index (χ4n) is 2.16. The van der Waals surface area contributed by atoms with Crippen molar-refractivity contribution in [3.05, 3.63) is 28.5 Å². The maximum atomic E-state index is 11.9. The quantitative estimate of drug-likeness (QED) is 0.669. The summed E-state index contributed by atoms with van der Waals surface area (Å²) in [6.45, 7) is 4.22. The minimum absolute atomic E-state index is 0.0589. The number of nitrogens with one attached hydrogen (secondary N) is 1. The van der Waals surface area contributed by atoms with Crippen molar-refractivity contribution in [3.8, 4) is 0 Å². The third kappa shape index (κ3) is 3.78. The van der Waals surface area contributed by atoms with Crippen LogP contribution in [0, 0.1) is 0 Å². The summed E-state index contributed by atoms with van der Waals surface area (Å²) in [5.41, 5.74) is 0.596. The summed E-state index contributed by atoms with van der Waals surface area (Å²) in [5.74, 6) is -0.0589. The van der Waals surface area contributed by atoms with Gasteiger partial charge < -0.3 is 10.2 Å². The average molecular weight is 312 g/mol. The van der Waals surface area contributed by atoms with Crippen molar-refractivity contribution < 1.29 is 4.79 Å². The molecular weight excluding hydrogens is 294 g/mol. The molecule has 1 N–H and O–H groups in total. The van der Waals surface area contributed by atoms with E-state index in [2.05, 4.69) is 31.1 Å². The Balaban J connectivity index is 1.70. The van der Waals surface area contributed by atoms with E-state index >= 15 is 0 Å². The van der Waals surface area contributed by atoms with Gasteiger partial charge in [-0.2, -0.15) is 0 Å². The van der Waals surface area contributed by atoms with E-state index in [0.29, 0.717) is 10.2 Å². The van der Waals surface area contributed by atoms with Crippen LogP contribution in [0.25, 0.3) is 0 Å². The lowest BCUT2D eigenvalue weighted by molar-refractivity contribution is 0.0951. The van der Waals surface area contributed by atoms with Crippen LogP contribution in [0.4, 0.5) is 0 Å². The first kappa shape index (κ1) is 13.5. The third-order valence-electron chi connectivity index (χ3n) is 3.14. The van der Waals surface area contributed by atoms with Crippen LogP contribution in [0.2, 0.25) is 0 Å². The van der Waals surface area contributed by atoms with Gasteiger partial charge in [0.05, 0.1) is 5.56 Å². The Morgan fingerprint density at radius 2 is 2.22 bits per heavy atom. The number of nitrogens with zero attached hydrogens (tertiary/aromatic N) is 2. The zero-order valence-electron chi connectivity index (χ0n) is 10.4. The first-order valence-electron chi connectivity index (χ1n) is 6.38. The molecule has 0 aromatic carbocycles. The number of hydrogen-bond acceptors (Lipinski definition) is 3. The molecule has 0 radical (unpaired) electrons. The smallest absolute Gasteiger partial charge is 0.254 e. The number of halogens is 1. The molecule has 0 atom stereocenters. The molecule has 1 aliphatic heterocycles. The van der Waals surface area contributed by atoms with Gasteiger partial charge in [-0.3, -0.25) is 4.79 Å². The van der Waals surface area contributed by atoms with Crippen molar-refractivity contribution in [2.24, 2.45) is 0 Å². The highest BCUT2D eigenvalue weighted by Crippen LogP contribution is 2.12. The molecule has 0 saturated carbocycles. The summed E-state index contributed by atoms with van der Waals surface area (Å²) in [5, 5.41) is 2.93. The minimum atomic E-state index is -0.0589. The van der Waals surface area contributed by atoms with Gasteiger partial charge in [-0.15, -0.1) is 0 Å². The van der Waals surface area contributed by atoms with E-state index in [9.17, 15) is 4.79 Å². The van der Waals surface area contributed by atoms with Gasteiger partial charge >= 0.3 is 0 Å². The predicted molar refractivity (Wildman–Crippen MR) is 74.6 cm³/mol. The lowest BCUT2D eigenvalue weighted by Crippen LogP contribution is -2.28. The van der Waals surface area contributed by atoms with Gasteiger partial charge in [-0.1, -0.05) is 0 Å². The van der Waals surface area contributed by atoms with E-state index in [1.807, 2.05) is 0 Å². The fourth-order valence-corrected chi connectivity index (χ4v) is 2.59. The number of carbonyl (C=O) groups is 1. The largest absolute Gasteiger partial charge is 0.352 e. The van der Waals surface area contributed by atoms with Crippen molar-refractivity contribution >= 4 is 21.8 Å². The molecule has 0 bridgehead atoms. The van der Waals surface area contributed by atoms with Crippen molar-refractivity contribution in [1.82, 2.24) is 15.2 Å². The van der Waals surface area contributed by atoms with Gasteiger partial charge in [-0.25, -0.2) is 4.98 Å². The van der Waals surface area contributed by atoms with Gasteiger partial charge in [0, 0.05) is 12.7 Å². The van der Waals surface area contributed by atoms with Gasteiger partial charge in [-0.05, 0) is 67.0 Å². The summed E-state index contributed by atoms with van der Waals surface area (Å²) < 4.78 is 0.599. The van der Waals surface area contributed by atoms with Crippen molar-refractivity contribution in [1.29, 1.82) is 0 Å². The second kappa shape index (κ2) is 6.85. The zero-order valence-corrected chi connectivity index (χ0v) is 11.9. The number of amides is 1. The summed E-state index contributed by atoms with van der Waals surface area (Å²) in [4.78, 5) is 18.4. The Hall–Kier alpha value is -0.940. The van der Waals surface area contributed by atoms with Crippen LogP contribution in [0.3, 0.4) is 0 Å². The van der Waals surface area contributed by atoms with Gasteiger partial charge in [0.25, 0.3) is 5.91 Å². The molecule has 2 heterocycles. The highest BCUT2D eigenvalue weighted by Gasteiger charge is 2.12. The Morgan fingerprint density at radius 1 is 1.44 bits per heavy atom. The van der Waals surface area contributed by atoms with E-state index in [1.54, 1.807) is 18.3 Å². The fraction of sp³-hybridized carbons (Fsp3) is 0.538. The van der Waals surface area contributed by atoms with Crippen LogP contribution < -0.4 is 5.32 Å². The molecule has 5 heteroatoms. The molecule has 1 saturated heterocycles. The van der Waals surface area contributed by atoms with E-state index in [-0.39, 0.29) is 5.91 Å². The molecule has 98 valence electrons. The van der Waals surface area contributed by atoms with Gasteiger partial charge in [0.2, 0.25) is 0 Å². The molecule has 0 unspecified atom stereocenters. The lowest BCUT2D eigenvalue weighted by Gasteiger charge is -2.14. The number of hydrogen-bond donors (Lipinski definition) is 1. The molecule has 1 aromatic rings. The van der Waals surface area contributed by atoms with E-state index < -0.39 is 0 Å². The van der Waals surface area contributed by atoms with Crippen molar-refractivity contribution in [2.75, 3.05) is 26.2 Å². The predicted octanol–water partition coefficient (Wildman–Crippen LogP) is 2.06. The number of rotatable bonds is 5. The Morgan fingerprint density at radius 3 is 2.94 bits per heavy atom. The molecule has 18 heavy (non-hydrogen) atoms.